The van der Waals surface area contributed by atoms with Crippen LogP contribution in [0.15, 0.2) is 455 Å². The molecule has 0 fully saturated rings. The Balaban J connectivity index is 0.0000000967. The minimum atomic E-state index is -0.236. The molecule has 21 aromatic carbocycles. The zero-order chi connectivity index (χ0) is 93.8. The van der Waals surface area contributed by atoms with Crippen molar-refractivity contribution in [2.45, 2.75) is 0 Å². The highest BCUT2D eigenvalue weighted by atomic mass is 16.5. The summed E-state index contributed by atoms with van der Waals surface area (Å²) in [6.45, 7) is -0.691. The van der Waals surface area contributed by atoms with Gasteiger partial charge in [-0.3, -0.25) is 8.97 Å². The Morgan fingerprint density at radius 3 is 0.903 bits per heavy atom. The SMILES string of the molecule is c1ccc2c(c1)Oc1cc(-n3c4ccccc4c4cc(-n5c6ccccc6c6ccccc65)ccc43)cc3c1B2Oc1ccccc1-3.c1ccc2c(c1)Oc1cc(-n3c4ccccc4c4cc(-n5c6ccccc6n6c7ccccc7nc56)ccc43)cc3c1B2Oc1ccccc1-3.c1ccc2c(c1)Oc1cc(-n3c4ccccc4c4cccc(-n5c6ccccc6c6ccccc65)c43)cc3c1B2Oc1ccccc1-3. The summed E-state index contributed by atoms with van der Waals surface area (Å²) < 4.78 is 56.6. The molecule has 0 atom stereocenters. The zero-order valence-corrected chi connectivity index (χ0v) is 77.1. The molecule has 144 heavy (non-hydrogen) atoms. The van der Waals surface area contributed by atoms with Crippen LogP contribution in [0, 0.1) is 0 Å². The maximum Gasteiger partial charge on any atom is 0.434 e. The predicted molar refractivity (Wildman–Crippen MR) is 587 cm³/mol. The lowest BCUT2D eigenvalue weighted by molar-refractivity contribution is 0.479. The van der Waals surface area contributed by atoms with Crippen LogP contribution in [0.2, 0.25) is 0 Å². The molecule has 0 unspecified atom stereocenters. The molecule has 28 aromatic rings. The van der Waals surface area contributed by atoms with E-state index in [-0.39, 0.29) is 20.7 Å². The van der Waals surface area contributed by atoms with E-state index >= 15 is 0 Å². The van der Waals surface area contributed by atoms with Gasteiger partial charge >= 0.3 is 20.7 Å². The fourth-order valence-corrected chi connectivity index (χ4v) is 24.5. The van der Waals surface area contributed by atoms with Gasteiger partial charge < -0.3 is 51.0 Å². The predicted octanol–water partition coefficient (Wildman–Crippen LogP) is 27.1. The molecule has 0 radical (unpaired) electrons. The van der Waals surface area contributed by atoms with Gasteiger partial charge in [0, 0.05) is 133 Å². The second-order valence-corrected chi connectivity index (χ2v) is 38.1. The summed E-state index contributed by atoms with van der Waals surface area (Å²) in [7, 11) is 0. The summed E-state index contributed by atoms with van der Waals surface area (Å²) in [6, 6.07) is 161. The number of hydrogen-bond acceptors (Lipinski definition) is 7. The highest BCUT2D eigenvalue weighted by molar-refractivity contribution is 6.85. The van der Waals surface area contributed by atoms with Gasteiger partial charge in [-0.25, -0.2) is 4.98 Å². The zero-order valence-electron chi connectivity index (χ0n) is 77.1. The van der Waals surface area contributed by atoms with E-state index in [1.165, 1.54) is 75.9 Å². The summed E-state index contributed by atoms with van der Waals surface area (Å²) in [6.07, 6.45) is 0. The largest absolute Gasteiger partial charge is 0.551 e. The molecule has 0 aliphatic carbocycles. The lowest BCUT2D eigenvalue weighted by atomic mass is 9.51. The molecule has 13 heterocycles. The first kappa shape index (κ1) is 78.9. The molecule has 0 N–H and O–H groups in total. The highest BCUT2D eigenvalue weighted by Gasteiger charge is 2.45. The minimum absolute atomic E-state index is 0.221. The summed E-state index contributed by atoms with van der Waals surface area (Å²) >= 11 is 0. The van der Waals surface area contributed by atoms with Crippen LogP contribution in [-0.2, 0) is 0 Å². The third kappa shape index (κ3) is 11.3. The summed E-state index contributed by atoms with van der Waals surface area (Å²) in [5, 5.41) is 12.2. The van der Waals surface area contributed by atoms with Crippen LogP contribution in [0.5, 0.6) is 51.7 Å². The molecule has 17 heteroatoms. The molecule has 34 rings (SSSR count). The summed E-state index contributed by atoms with van der Waals surface area (Å²) in [5.41, 5.74) is 35.5. The normalized spacial score (nSPS) is 13.0. The molecule has 0 saturated carbocycles. The molecular weight excluding hydrogens is 1770 g/mol. The van der Waals surface area contributed by atoms with Gasteiger partial charge in [-0.1, -0.05) is 273 Å². The van der Waals surface area contributed by atoms with Gasteiger partial charge in [-0.2, -0.15) is 0 Å². The van der Waals surface area contributed by atoms with Crippen LogP contribution in [0.4, 0.5) is 0 Å². The first-order valence-corrected chi connectivity index (χ1v) is 49.0. The van der Waals surface area contributed by atoms with Crippen molar-refractivity contribution >= 4 is 190 Å². The lowest BCUT2D eigenvalue weighted by Crippen LogP contribution is -2.53. The Labute approximate surface area is 823 Å². The van der Waals surface area contributed by atoms with Gasteiger partial charge in [0.15, 0.2) is 0 Å². The van der Waals surface area contributed by atoms with Crippen molar-refractivity contribution in [1.29, 1.82) is 0 Å². The van der Waals surface area contributed by atoms with Gasteiger partial charge in [0.1, 0.15) is 51.7 Å². The van der Waals surface area contributed by atoms with E-state index in [2.05, 4.69) is 420 Å². The molecule has 6 aliphatic rings. The number of fused-ring (bicyclic) bond motifs is 32. The van der Waals surface area contributed by atoms with Crippen LogP contribution in [0.3, 0.4) is 0 Å². The van der Waals surface area contributed by atoms with Crippen molar-refractivity contribution in [2.75, 3.05) is 0 Å². The number of benzene rings is 21. The van der Waals surface area contributed by atoms with Gasteiger partial charge in [0.05, 0.1) is 100.0 Å². The van der Waals surface area contributed by atoms with Gasteiger partial charge in [-0.05, 0) is 180 Å². The van der Waals surface area contributed by atoms with Crippen molar-refractivity contribution in [1.82, 2.24) is 36.8 Å². The van der Waals surface area contributed by atoms with Gasteiger partial charge in [0.2, 0.25) is 5.78 Å². The second kappa shape index (κ2) is 30.2. The third-order valence-electron chi connectivity index (χ3n) is 30.5. The molecule has 7 aromatic heterocycles. The number of rotatable bonds is 6. The Morgan fingerprint density at radius 2 is 0.479 bits per heavy atom. The number of aromatic nitrogens is 8. The van der Waals surface area contributed by atoms with Crippen molar-refractivity contribution in [2.24, 2.45) is 0 Å². The van der Waals surface area contributed by atoms with E-state index in [1.54, 1.807) is 0 Å². The Kier molecular flexibility index (Phi) is 16.5. The van der Waals surface area contributed by atoms with E-state index in [4.69, 9.17) is 33.2 Å². The Hall–Kier alpha value is -19.1. The lowest BCUT2D eigenvalue weighted by Gasteiger charge is -2.33. The van der Waals surface area contributed by atoms with E-state index in [9.17, 15) is 0 Å². The molecule has 0 bridgehead atoms. The van der Waals surface area contributed by atoms with E-state index in [0.29, 0.717) is 0 Å². The van der Waals surface area contributed by atoms with Crippen LogP contribution >= 0.6 is 0 Å². The molecule has 14 nitrogen and oxygen atoms in total. The number of ether oxygens (including phenoxy) is 3. The first-order chi connectivity index (χ1) is 71.4. The fraction of sp³-hybridized carbons (Fsp3) is 0. The van der Waals surface area contributed by atoms with Crippen molar-refractivity contribution < 1.29 is 28.2 Å². The fourth-order valence-electron chi connectivity index (χ4n) is 24.5. The molecular formula is C127H75B3N8O6. The van der Waals surface area contributed by atoms with Gasteiger partial charge in [0.25, 0.3) is 0 Å². The summed E-state index contributed by atoms with van der Waals surface area (Å²) in [5.74, 6) is 8.55. The van der Waals surface area contributed by atoms with Crippen LogP contribution in [0.25, 0.3) is 204 Å². The standard InChI is InChI=1S/C43H25BN4O2.2C42H25BN2O2/c1-5-15-34-28(11-1)30-23-26(47-37-17-7-8-18-38(37)48-36-16-6-4-14-33(36)45-43(47)48)21-22-35(30)46(34)27-24-31-29-12-2-9-19-39(29)50-44-32-13-3-10-20-40(32)49-41(25-27)42(31)44;1-7-19-35-27(12-1)28-13-2-8-20-36(28)45(35)37-21-11-16-31-29-14-3-6-18-34(29)44(42(31)37)26-24-32-30-15-4-9-22-38(30)47-43-33-17-5-10-23-39(33)46-40(25-26)41(32)43;1-6-16-35-28(11-1)29-12-2-7-17-36(29)44(35)26-21-22-38-32(23-26)30-13-3-8-18-37(30)45(38)27-24-33-31-14-4-9-19-39(31)47-43-34-15-5-10-20-40(34)46-41(25-27)42(33)43/h1-25H;2*1-25H. The van der Waals surface area contributed by atoms with E-state index < -0.39 is 0 Å². The topological polar surface area (TPSA) is 102 Å². The minimum Gasteiger partial charge on any atom is -0.551 e. The van der Waals surface area contributed by atoms with Crippen molar-refractivity contribution in [3.05, 3.63) is 455 Å². The van der Waals surface area contributed by atoms with Crippen LogP contribution < -0.4 is 61.0 Å². The van der Waals surface area contributed by atoms with Crippen LogP contribution in [-0.4, -0.2) is 57.5 Å². The second-order valence-electron chi connectivity index (χ2n) is 38.1. The smallest absolute Gasteiger partial charge is 0.434 e. The summed E-state index contributed by atoms with van der Waals surface area (Å²) in [4.78, 5) is 5.13. The Bertz CT molecular complexity index is 10400. The van der Waals surface area contributed by atoms with E-state index in [1.807, 2.05) is 66.7 Å². The number of hydrogen-bond donors (Lipinski definition) is 0. The molecule has 668 valence electrons. The number of imidazole rings is 2. The molecule has 0 saturated heterocycles. The van der Waals surface area contributed by atoms with Crippen LogP contribution in [0.1, 0.15) is 0 Å². The molecule has 6 aliphatic heterocycles. The van der Waals surface area contributed by atoms with Crippen molar-refractivity contribution in [3.8, 4) is 119 Å². The third-order valence-corrected chi connectivity index (χ3v) is 30.5. The van der Waals surface area contributed by atoms with Gasteiger partial charge in [-0.15, -0.1) is 0 Å². The quantitative estimate of drug-likeness (QED) is 0.153. The first-order valence-electron chi connectivity index (χ1n) is 49.0. The van der Waals surface area contributed by atoms with Crippen molar-refractivity contribution in [3.63, 3.8) is 0 Å². The number of para-hydroxylation sites is 18. The molecule has 0 amide bonds. The maximum atomic E-state index is 6.72. The average Bonchev–Trinajstić information content (AvgIpc) is 1.54. The number of nitrogens with zero attached hydrogens (tertiary/aromatic N) is 8. The van der Waals surface area contributed by atoms with E-state index in [0.717, 1.165) is 213 Å². The highest BCUT2D eigenvalue weighted by Crippen LogP contribution is 2.50. The average molecular weight is 1840 g/mol. The molecule has 0 spiro atoms. The monoisotopic (exact) mass is 1840 g/mol. The Morgan fingerprint density at radius 1 is 0.181 bits per heavy atom. The maximum absolute atomic E-state index is 6.72.